The Bertz CT molecular complexity index is 221. The van der Waals surface area contributed by atoms with Crippen LogP contribution in [0.5, 0.6) is 0 Å². The van der Waals surface area contributed by atoms with E-state index in [0.29, 0.717) is 12.5 Å². The van der Waals surface area contributed by atoms with Gasteiger partial charge in [0, 0.05) is 19.8 Å². The van der Waals surface area contributed by atoms with Crippen LogP contribution in [0, 0.1) is 5.92 Å². The maximum absolute atomic E-state index is 12.0. The normalized spacial score (nSPS) is 27.4. The summed E-state index contributed by atoms with van der Waals surface area (Å²) in [4.78, 5) is 12.0. The zero-order valence-corrected chi connectivity index (χ0v) is 10.6. The van der Waals surface area contributed by atoms with Crippen LogP contribution in [-0.4, -0.2) is 38.3 Å². The third-order valence-electron chi connectivity index (χ3n) is 3.20. The van der Waals surface area contributed by atoms with Crippen molar-refractivity contribution in [3.8, 4) is 0 Å². The van der Waals surface area contributed by atoms with Crippen molar-refractivity contribution in [1.82, 2.24) is 10.6 Å². The SMILES string of the molecule is COCCC(C)NC(=O)C1NCCCC1C. The first-order valence-electron chi connectivity index (χ1n) is 6.18. The molecule has 1 saturated heterocycles. The lowest BCUT2D eigenvalue weighted by molar-refractivity contribution is -0.125. The first-order chi connectivity index (χ1) is 7.65. The summed E-state index contributed by atoms with van der Waals surface area (Å²) in [6.45, 7) is 5.80. The standard InChI is InChI=1S/C12H24N2O2/c1-9-5-4-7-13-11(9)12(15)14-10(2)6-8-16-3/h9-11,13H,4-8H2,1-3H3,(H,14,15). The van der Waals surface area contributed by atoms with E-state index in [0.717, 1.165) is 19.4 Å². The van der Waals surface area contributed by atoms with Gasteiger partial charge in [-0.1, -0.05) is 6.92 Å². The minimum atomic E-state index is -0.0151. The molecule has 1 amide bonds. The van der Waals surface area contributed by atoms with Crippen LogP contribution in [0.4, 0.5) is 0 Å². The molecule has 4 heteroatoms. The molecular formula is C12H24N2O2. The fourth-order valence-electron chi connectivity index (χ4n) is 2.10. The number of amides is 1. The third-order valence-corrected chi connectivity index (χ3v) is 3.20. The number of methoxy groups -OCH3 is 1. The van der Waals surface area contributed by atoms with Crippen LogP contribution in [0.15, 0.2) is 0 Å². The van der Waals surface area contributed by atoms with E-state index in [1.807, 2.05) is 6.92 Å². The fraction of sp³-hybridized carbons (Fsp3) is 0.917. The maximum Gasteiger partial charge on any atom is 0.237 e. The summed E-state index contributed by atoms with van der Waals surface area (Å²) in [6.07, 6.45) is 3.17. The second-order valence-electron chi connectivity index (χ2n) is 4.74. The number of carbonyl (C=O) groups is 1. The highest BCUT2D eigenvalue weighted by Crippen LogP contribution is 2.15. The number of ether oxygens (including phenoxy) is 1. The molecular weight excluding hydrogens is 204 g/mol. The summed E-state index contributed by atoms with van der Waals surface area (Å²) in [5.41, 5.74) is 0. The van der Waals surface area contributed by atoms with E-state index in [2.05, 4.69) is 17.6 Å². The van der Waals surface area contributed by atoms with Crippen LogP contribution in [0.2, 0.25) is 0 Å². The van der Waals surface area contributed by atoms with Crippen molar-refractivity contribution in [3.05, 3.63) is 0 Å². The minimum absolute atomic E-state index is 0.0151. The molecule has 3 atom stereocenters. The lowest BCUT2D eigenvalue weighted by Gasteiger charge is -2.30. The molecule has 1 rings (SSSR count). The molecule has 0 saturated carbocycles. The average Bonchev–Trinajstić information content (AvgIpc) is 2.26. The molecule has 1 aliphatic rings. The zero-order valence-electron chi connectivity index (χ0n) is 10.6. The summed E-state index contributed by atoms with van der Waals surface area (Å²) in [6, 6.07) is 0.169. The Morgan fingerprint density at radius 3 is 3.00 bits per heavy atom. The fourth-order valence-corrected chi connectivity index (χ4v) is 2.10. The summed E-state index contributed by atoms with van der Waals surface area (Å²) >= 11 is 0. The van der Waals surface area contributed by atoms with Gasteiger partial charge in [-0.3, -0.25) is 4.79 Å². The Hall–Kier alpha value is -0.610. The van der Waals surface area contributed by atoms with Gasteiger partial charge in [-0.15, -0.1) is 0 Å². The third kappa shape index (κ3) is 4.10. The van der Waals surface area contributed by atoms with E-state index in [4.69, 9.17) is 4.74 Å². The molecule has 0 aromatic rings. The van der Waals surface area contributed by atoms with E-state index in [9.17, 15) is 4.79 Å². The first kappa shape index (κ1) is 13.5. The minimum Gasteiger partial charge on any atom is -0.385 e. The van der Waals surface area contributed by atoms with Gasteiger partial charge in [-0.05, 0) is 38.6 Å². The van der Waals surface area contributed by atoms with Gasteiger partial charge in [0.1, 0.15) is 0 Å². The number of rotatable bonds is 5. The monoisotopic (exact) mass is 228 g/mol. The molecule has 16 heavy (non-hydrogen) atoms. The lowest BCUT2D eigenvalue weighted by Crippen LogP contribution is -2.52. The number of piperidine rings is 1. The van der Waals surface area contributed by atoms with Crippen molar-refractivity contribution in [2.24, 2.45) is 5.92 Å². The van der Waals surface area contributed by atoms with Gasteiger partial charge in [0.15, 0.2) is 0 Å². The van der Waals surface area contributed by atoms with Crippen molar-refractivity contribution >= 4 is 5.91 Å². The average molecular weight is 228 g/mol. The molecule has 0 aromatic carbocycles. The molecule has 0 radical (unpaired) electrons. The van der Waals surface area contributed by atoms with E-state index < -0.39 is 0 Å². The molecule has 0 bridgehead atoms. The molecule has 0 aliphatic carbocycles. The summed E-state index contributed by atoms with van der Waals surface area (Å²) in [7, 11) is 1.68. The molecule has 0 spiro atoms. The zero-order chi connectivity index (χ0) is 12.0. The Morgan fingerprint density at radius 2 is 2.38 bits per heavy atom. The van der Waals surface area contributed by atoms with E-state index in [-0.39, 0.29) is 18.0 Å². The van der Waals surface area contributed by atoms with Gasteiger partial charge in [-0.25, -0.2) is 0 Å². The summed E-state index contributed by atoms with van der Waals surface area (Å²) in [5, 5.41) is 6.32. The van der Waals surface area contributed by atoms with Crippen molar-refractivity contribution in [2.45, 2.75) is 45.2 Å². The molecule has 1 heterocycles. The highest BCUT2D eigenvalue weighted by Gasteiger charge is 2.27. The summed E-state index contributed by atoms with van der Waals surface area (Å²) in [5.74, 6) is 0.569. The van der Waals surface area contributed by atoms with Gasteiger partial charge < -0.3 is 15.4 Å². The molecule has 0 aromatic heterocycles. The molecule has 1 aliphatic heterocycles. The lowest BCUT2D eigenvalue weighted by atomic mass is 9.92. The predicted octanol–water partition coefficient (Wildman–Crippen LogP) is 0.916. The van der Waals surface area contributed by atoms with Crippen LogP contribution in [0.1, 0.15) is 33.1 Å². The van der Waals surface area contributed by atoms with Crippen LogP contribution in [-0.2, 0) is 9.53 Å². The maximum atomic E-state index is 12.0. The number of nitrogens with one attached hydrogen (secondary N) is 2. The van der Waals surface area contributed by atoms with E-state index in [1.54, 1.807) is 7.11 Å². The Kier molecular flexibility index (Phi) is 5.77. The topological polar surface area (TPSA) is 50.4 Å². The quantitative estimate of drug-likeness (QED) is 0.735. The predicted molar refractivity (Wildman–Crippen MR) is 64.3 cm³/mol. The number of carbonyl (C=O) groups excluding carboxylic acids is 1. The van der Waals surface area contributed by atoms with Crippen molar-refractivity contribution in [1.29, 1.82) is 0 Å². The Morgan fingerprint density at radius 1 is 1.62 bits per heavy atom. The Balaban J connectivity index is 2.32. The number of hydrogen-bond acceptors (Lipinski definition) is 3. The highest BCUT2D eigenvalue weighted by molar-refractivity contribution is 5.82. The largest absolute Gasteiger partial charge is 0.385 e. The van der Waals surface area contributed by atoms with E-state index in [1.165, 1.54) is 6.42 Å². The smallest absolute Gasteiger partial charge is 0.237 e. The van der Waals surface area contributed by atoms with Crippen LogP contribution in [0.25, 0.3) is 0 Å². The van der Waals surface area contributed by atoms with Crippen LogP contribution >= 0.6 is 0 Å². The second-order valence-corrected chi connectivity index (χ2v) is 4.74. The van der Waals surface area contributed by atoms with Crippen molar-refractivity contribution < 1.29 is 9.53 Å². The van der Waals surface area contributed by atoms with Crippen LogP contribution < -0.4 is 10.6 Å². The van der Waals surface area contributed by atoms with E-state index >= 15 is 0 Å². The van der Waals surface area contributed by atoms with Gasteiger partial charge in [0.25, 0.3) is 0 Å². The molecule has 4 nitrogen and oxygen atoms in total. The first-order valence-corrected chi connectivity index (χ1v) is 6.18. The molecule has 1 fully saturated rings. The second kappa shape index (κ2) is 6.86. The van der Waals surface area contributed by atoms with Gasteiger partial charge >= 0.3 is 0 Å². The molecule has 94 valence electrons. The summed E-state index contributed by atoms with van der Waals surface area (Å²) < 4.78 is 4.99. The highest BCUT2D eigenvalue weighted by atomic mass is 16.5. The van der Waals surface area contributed by atoms with Crippen LogP contribution in [0.3, 0.4) is 0 Å². The van der Waals surface area contributed by atoms with Gasteiger partial charge in [0.05, 0.1) is 6.04 Å². The Labute approximate surface area is 98.1 Å². The van der Waals surface area contributed by atoms with Gasteiger partial charge in [0.2, 0.25) is 5.91 Å². The van der Waals surface area contributed by atoms with Crippen molar-refractivity contribution in [2.75, 3.05) is 20.3 Å². The molecule has 3 unspecified atom stereocenters. The number of hydrogen-bond donors (Lipinski definition) is 2. The molecule has 2 N–H and O–H groups in total. The van der Waals surface area contributed by atoms with Gasteiger partial charge in [-0.2, -0.15) is 0 Å². The van der Waals surface area contributed by atoms with Crippen molar-refractivity contribution in [3.63, 3.8) is 0 Å².